The third kappa shape index (κ3) is 5.45. The maximum absolute atomic E-state index is 13.7. The molecule has 35 heavy (non-hydrogen) atoms. The molecule has 184 valence electrons. The van der Waals surface area contributed by atoms with Crippen molar-refractivity contribution in [3.8, 4) is 5.69 Å². The average molecular weight is 477 g/mol. The Morgan fingerprint density at radius 1 is 1.06 bits per heavy atom. The largest absolute Gasteiger partial charge is 0.383 e. The van der Waals surface area contributed by atoms with Gasteiger partial charge in [0, 0.05) is 68.0 Å². The van der Waals surface area contributed by atoms with Gasteiger partial charge in [-0.1, -0.05) is 12.1 Å². The van der Waals surface area contributed by atoms with Crippen LogP contribution in [0.2, 0.25) is 0 Å². The Morgan fingerprint density at radius 3 is 2.57 bits per heavy atom. The number of aryl methyl sites for hydroxylation is 1. The first-order valence-corrected chi connectivity index (χ1v) is 12.4. The van der Waals surface area contributed by atoms with E-state index < -0.39 is 0 Å². The topological polar surface area (TPSA) is 71.0 Å². The molecule has 0 aliphatic carbocycles. The molecule has 2 aromatic carbocycles. The summed E-state index contributed by atoms with van der Waals surface area (Å²) in [6.45, 7) is 4.64. The smallest absolute Gasteiger partial charge is 0.123 e. The van der Waals surface area contributed by atoms with Crippen LogP contribution in [0.5, 0.6) is 0 Å². The third-order valence-corrected chi connectivity index (χ3v) is 7.15. The molecular formula is C27H33FN6O. The summed E-state index contributed by atoms with van der Waals surface area (Å²) in [5, 5.41) is 12.5. The van der Waals surface area contributed by atoms with Crippen LogP contribution >= 0.6 is 0 Å². The molecule has 1 aliphatic rings. The number of fused-ring (bicyclic) bond motifs is 1. The highest BCUT2D eigenvalue weighted by Gasteiger charge is 2.29. The van der Waals surface area contributed by atoms with Gasteiger partial charge in [0.15, 0.2) is 0 Å². The van der Waals surface area contributed by atoms with Gasteiger partial charge in [0.2, 0.25) is 0 Å². The van der Waals surface area contributed by atoms with Gasteiger partial charge < -0.3 is 15.0 Å². The first-order valence-electron chi connectivity index (χ1n) is 12.4. The molecule has 2 aromatic heterocycles. The minimum absolute atomic E-state index is 0.194. The number of aromatic nitrogens is 4. The van der Waals surface area contributed by atoms with Gasteiger partial charge in [-0.2, -0.15) is 0 Å². The maximum Gasteiger partial charge on any atom is 0.123 e. The second-order valence-corrected chi connectivity index (χ2v) is 9.27. The van der Waals surface area contributed by atoms with Gasteiger partial charge in [-0.25, -0.2) is 4.39 Å². The Labute approximate surface area is 205 Å². The SMILES string of the molecule is COCC(C(CCCc1c[nH]c2ccc(-n3cnnc3)cc12)c1ccc(F)cc1)N1CCNCC1. The van der Waals surface area contributed by atoms with Crippen LogP contribution in [-0.2, 0) is 11.2 Å². The Hall–Kier alpha value is -3.07. The van der Waals surface area contributed by atoms with E-state index in [-0.39, 0.29) is 17.8 Å². The maximum atomic E-state index is 13.7. The van der Waals surface area contributed by atoms with Crippen molar-refractivity contribution >= 4 is 10.9 Å². The normalized spacial score (nSPS) is 16.5. The van der Waals surface area contributed by atoms with Crippen LogP contribution in [0.1, 0.15) is 29.9 Å². The molecule has 1 fully saturated rings. The number of nitrogens with zero attached hydrogens (tertiary/aromatic N) is 4. The molecule has 3 heterocycles. The average Bonchev–Trinajstić information content (AvgIpc) is 3.57. The Bertz CT molecular complexity index is 1200. The number of hydrogen-bond acceptors (Lipinski definition) is 5. The molecule has 0 radical (unpaired) electrons. The number of ether oxygens (including phenoxy) is 1. The quantitative estimate of drug-likeness (QED) is 0.363. The number of rotatable bonds is 10. The highest BCUT2D eigenvalue weighted by atomic mass is 19.1. The lowest BCUT2D eigenvalue weighted by atomic mass is 9.85. The molecule has 0 spiro atoms. The van der Waals surface area contributed by atoms with Crippen LogP contribution < -0.4 is 5.32 Å². The molecule has 5 rings (SSSR count). The van der Waals surface area contributed by atoms with E-state index in [0.717, 1.165) is 56.6 Å². The number of halogens is 1. The number of nitrogens with one attached hydrogen (secondary N) is 2. The summed E-state index contributed by atoms with van der Waals surface area (Å²) in [4.78, 5) is 5.95. The fourth-order valence-corrected chi connectivity index (χ4v) is 5.33. The van der Waals surface area contributed by atoms with Gasteiger partial charge in [-0.15, -0.1) is 10.2 Å². The summed E-state index contributed by atoms with van der Waals surface area (Å²) in [6, 6.07) is 13.7. The van der Waals surface area contributed by atoms with Crippen LogP contribution in [0, 0.1) is 5.82 Å². The monoisotopic (exact) mass is 476 g/mol. The molecule has 0 bridgehead atoms. The van der Waals surface area contributed by atoms with Gasteiger partial charge in [0.1, 0.15) is 18.5 Å². The zero-order chi connectivity index (χ0) is 24.0. The summed E-state index contributed by atoms with van der Waals surface area (Å²) in [5.74, 6) is 0.0760. The third-order valence-electron chi connectivity index (χ3n) is 7.15. The Morgan fingerprint density at radius 2 is 1.83 bits per heavy atom. The molecule has 0 saturated carbocycles. The highest BCUT2D eigenvalue weighted by molar-refractivity contribution is 5.85. The number of H-pyrrole nitrogens is 1. The lowest BCUT2D eigenvalue weighted by Crippen LogP contribution is -2.52. The number of aromatic amines is 1. The predicted molar refractivity (Wildman–Crippen MR) is 135 cm³/mol. The van der Waals surface area contributed by atoms with Crippen LogP contribution in [0.25, 0.3) is 16.6 Å². The molecule has 1 saturated heterocycles. The molecule has 8 heteroatoms. The summed E-state index contributed by atoms with van der Waals surface area (Å²) >= 11 is 0. The number of methoxy groups -OCH3 is 1. The Balaban J connectivity index is 1.35. The van der Waals surface area contributed by atoms with Crippen molar-refractivity contribution in [2.24, 2.45) is 0 Å². The zero-order valence-electron chi connectivity index (χ0n) is 20.2. The molecular weight excluding hydrogens is 443 g/mol. The van der Waals surface area contributed by atoms with Crippen LogP contribution in [0.3, 0.4) is 0 Å². The van der Waals surface area contributed by atoms with Gasteiger partial charge in [-0.05, 0) is 60.7 Å². The van der Waals surface area contributed by atoms with E-state index in [1.165, 1.54) is 16.5 Å². The first kappa shape index (κ1) is 23.7. The second-order valence-electron chi connectivity index (χ2n) is 9.27. The predicted octanol–water partition coefficient (Wildman–Crippen LogP) is 3.91. The van der Waals surface area contributed by atoms with Gasteiger partial charge >= 0.3 is 0 Å². The first-order chi connectivity index (χ1) is 17.2. The van der Waals surface area contributed by atoms with Gasteiger partial charge in [0.25, 0.3) is 0 Å². The van der Waals surface area contributed by atoms with Gasteiger partial charge in [-0.3, -0.25) is 9.47 Å². The van der Waals surface area contributed by atoms with E-state index >= 15 is 0 Å². The van der Waals surface area contributed by atoms with Crippen molar-refractivity contribution < 1.29 is 9.13 Å². The zero-order valence-corrected chi connectivity index (χ0v) is 20.2. The standard InChI is InChI=1S/C27H33FN6O/c1-35-17-27(33-13-11-29-12-14-33)24(20-5-7-22(28)8-6-20)4-2-3-21-16-30-26-10-9-23(15-25(21)26)34-18-31-32-19-34/h5-10,15-16,18-19,24,27,29-30H,2-4,11-14,17H2,1H3. The van der Waals surface area contributed by atoms with E-state index in [2.05, 4.69) is 49.8 Å². The fraction of sp³-hybridized carbons (Fsp3) is 0.407. The molecule has 2 atom stereocenters. The second kappa shape index (κ2) is 11.1. The summed E-state index contributed by atoms with van der Waals surface area (Å²) in [5.41, 5.74) is 4.66. The molecule has 4 aromatic rings. The molecule has 1 aliphatic heterocycles. The van der Waals surface area contributed by atoms with Crippen LogP contribution in [0.4, 0.5) is 4.39 Å². The highest BCUT2D eigenvalue weighted by Crippen LogP contribution is 2.31. The minimum atomic E-state index is -0.194. The van der Waals surface area contributed by atoms with Crippen molar-refractivity contribution in [3.63, 3.8) is 0 Å². The van der Waals surface area contributed by atoms with E-state index in [1.54, 1.807) is 31.9 Å². The summed E-state index contributed by atoms with van der Waals surface area (Å²) < 4.78 is 21.3. The van der Waals surface area contributed by atoms with Crippen molar-refractivity contribution in [3.05, 3.63) is 78.3 Å². The van der Waals surface area contributed by atoms with Gasteiger partial charge in [0.05, 0.1) is 6.61 Å². The fourth-order valence-electron chi connectivity index (χ4n) is 5.33. The van der Waals surface area contributed by atoms with E-state index in [1.807, 2.05) is 16.7 Å². The molecule has 0 amide bonds. The molecule has 2 N–H and O–H groups in total. The van der Waals surface area contributed by atoms with Crippen molar-refractivity contribution in [2.45, 2.75) is 31.2 Å². The van der Waals surface area contributed by atoms with Crippen molar-refractivity contribution in [1.29, 1.82) is 0 Å². The van der Waals surface area contributed by atoms with Crippen LogP contribution in [0.15, 0.2) is 61.3 Å². The van der Waals surface area contributed by atoms with Crippen LogP contribution in [-0.4, -0.2) is 70.6 Å². The van der Waals surface area contributed by atoms with E-state index in [4.69, 9.17) is 4.74 Å². The number of piperazine rings is 1. The molecule has 2 unspecified atom stereocenters. The molecule has 7 nitrogen and oxygen atoms in total. The van der Waals surface area contributed by atoms with Crippen molar-refractivity contribution in [1.82, 2.24) is 30.0 Å². The number of benzene rings is 2. The van der Waals surface area contributed by atoms with E-state index in [9.17, 15) is 4.39 Å². The minimum Gasteiger partial charge on any atom is -0.383 e. The van der Waals surface area contributed by atoms with Crippen molar-refractivity contribution in [2.75, 3.05) is 39.9 Å². The number of hydrogen-bond donors (Lipinski definition) is 2. The Kier molecular flexibility index (Phi) is 7.51. The summed E-state index contributed by atoms with van der Waals surface area (Å²) in [7, 11) is 1.77. The van der Waals surface area contributed by atoms with E-state index in [0.29, 0.717) is 6.61 Å². The lowest BCUT2D eigenvalue weighted by molar-refractivity contribution is 0.0636. The summed E-state index contributed by atoms with van der Waals surface area (Å²) in [6.07, 6.45) is 8.54. The lowest BCUT2D eigenvalue weighted by Gasteiger charge is -2.39.